The lowest BCUT2D eigenvalue weighted by molar-refractivity contribution is 0.414. The molecule has 0 fully saturated rings. The van der Waals surface area contributed by atoms with E-state index in [4.69, 9.17) is 9.47 Å². The van der Waals surface area contributed by atoms with Crippen LogP contribution in [0.3, 0.4) is 0 Å². The average molecular weight is 307 g/mol. The van der Waals surface area contributed by atoms with Crippen LogP contribution in [0.15, 0.2) is 47.4 Å². The average Bonchev–Trinajstić information content (AvgIpc) is 2.47. The predicted molar refractivity (Wildman–Crippen MR) is 81.5 cm³/mol. The predicted octanol–water partition coefficient (Wildman–Crippen LogP) is 2.81. The number of rotatable bonds is 5. The number of methoxy groups -OCH3 is 2. The second kappa shape index (κ2) is 6.05. The fraction of sp³-hybridized carbons (Fsp3) is 0.200. The van der Waals surface area contributed by atoms with Crippen LogP contribution in [0.1, 0.15) is 5.56 Å². The van der Waals surface area contributed by atoms with Gasteiger partial charge in [-0.25, -0.2) is 8.42 Å². The minimum atomic E-state index is -3.69. The Hall–Kier alpha value is -2.21. The van der Waals surface area contributed by atoms with E-state index >= 15 is 0 Å². The lowest BCUT2D eigenvalue weighted by Crippen LogP contribution is -2.14. The van der Waals surface area contributed by atoms with Gasteiger partial charge in [0.2, 0.25) is 0 Å². The fourth-order valence-electron chi connectivity index (χ4n) is 1.98. The van der Waals surface area contributed by atoms with Crippen molar-refractivity contribution in [1.82, 2.24) is 0 Å². The summed E-state index contributed by atoms with van der Waals surface area (Å²) in [7, 11) is -0.658. The van der Waals surface area contributed by atoms with Crippen LogP contribution >= 0.6 is 0 Å². The van der Waals surface area contributed by atoms with Gasteiger partial charge < -0.3 is 9.47 Å². The maximum Gasteiger partial charge on any atom is 0.262 e. The number of hydrogen-bond acceptors (Lipinski definition) is 4. The van der Waals surface area contributed by atoms with Crippen LogP contribution < -0.4 is 14.2 Å². The molecule has 0 aliphatic carbocycles. The molecule has 0 spiro atoms. The zero-order valence-corrected chi connectivity index (χ0v) is 12.9. The zero-order chi connectivity index (χ0) is 15.5. The van der Waals surface area contributed by atoms with Gasteiger partial charge in [0.05, 0.1) is 24.8 Å². The van der Waals surface area contributed by atoms with Crippen molar-refractivity contribution < 1.29 is 17.9 Å². The molecule has 0 aromatic heterocycles. The van der Waals surface area contributed by atoms with Crippen LogP contribution in [0.2, 0.25) is 0 Å². The third-order valence-electron chi connectivity index (χ3n) is 3.02. The summed E-state index contributed by atoms with van der Waals surface area (Å²) in [6, 6.07) is 11.7. The zero-order valence-electron chi connectivity index (χ0n) is 12.1. The Morgan fingerprint density at radius 2 is 1.71 bits per heavy atom. The van der Waals surface area contributed by atoms with Gasteiger partial charge in [-0.3, -0.25) is 4.72 Å². The molecule has 0 aliphatic heterocycles. The van der Waals surface area contributed by atoms with Crippen molar-refractivity contribution in [2.24, 2.45) is 0 Å². The van der Waals surface area contributed by atoms with E-state index in [2.05, 4.69) is 4.72 Å². The Bertz CT molecular complexity index is 741. The molecular formula is C15H17NO4S. The van der Waals surface area contributed by atoms with Gasteiger partial charge in [0.1, 0.15) is 11.5 Å². The molecule has 2 aromatic rings. The third-order valence-corrected chi connectivity index (χ3v) is 4.55. The van der Waals surface area contributed by atoms with Gasteiger partial charge in [0.25, 0.3) is 10.0 Å². The lowest BCUT2D eigenvalue weighted by atomic mass is 10.2. The Morgan fingerprint density at radius 3 is 2.33 bits per heavy atom. The van der Waals surface area contributed by atoms with E-state index in [-0.39, 0.29) is 4.90 Å². The second-order valence-corrected chi connectivity index (χ2v) is 6.09. The molecule has 0 saturated carbocycles. The van der Waals surface area contributed by atoms with Crippen molar-refractivity contribution in [2.45, 2.75) is 11.8 Å². The van der Waals surface area contributed by atoms with Crippen molar-refractivity contribution in [3.8, 4) is 11.5 Å². The first-order valence-corrected chi connectivity index (χ1v) is 7.76. The highest BCUT2D eigenvalue weighted by Crippen LogP contribution is 2.28. The lowest BCUT2D eigenvalue weighted by Gasteiger charge is -2.13. The molecule has 0 heterocycles. The smallest absolute Gasteiger partial charge is 0.262 e. The molecule has 112 valence electrons. The first kappa shape index (κ1) is 15.2. The summed E-state index contributed by atoms with van der Waals surface area (Å²) in [6.45, 7) is 1.72. The second-order valence-electron chi connectivity index (χ2n) is 4.44. The van der Waals surface area contributed by atoms with Crippen LogP contribution in [-0.4, -0.2) is 22.6 Å². The topological polar surface area (TPSA) is 64.6 Å². The van der Waals surface area contributed by atoms with Gasteiger partial charge in [-0.1, -0.05) is 12.1 Å². The Morgan fingerprint density at radius 1 is 1.00 bits per heavy atom. The molecule has 6 heteroatoms. The molecule has 2 rings (SSSR count). The first-order valence-electron chi connectivity index (χ1n) is 6.28. The van der Waals surface area contributed by atoms with Crippen molar-refractivity contribution >= 4 is 15.7 Å². The van der Waals surface area contributed by atoms with Gasteiger partial charge >= 0.3 is 0 Å². The summed E-state index contributed by atoms with van der Waals surface area (Å²) in [5, 5.41) is 0. The SMILES string of the molecule is COc1ccc(S(=O)(=O)Nc2ccccc2OC)c(C)c1. The summed E-state index contributed by atoms with van der Waals surface area (Å²) >= 11 is 0. The van der Waals surface area contributed by atoms with Crippen molar-refractivity contribution in [2.75, 3.05) is 18.9 Å². The van der Waals surface area contributed by atoms with Crippen molar-refractivity contribution in [3.63, 3.8) is 0 Å². The van der Waals surface area contributed by atoms with Crippen LogP contribution in [-0.2, 0) is 10.0 Å². The summed E-state index contributed by atoms with van der Waals surface area (Å²) in [6.07, 6.45) is 0. The van der Waals surface area contributed by atoms with E-state index in [1.807, 2.05) is 0 Å². The van der Waals surface area contributed by atoms with Gasteiger partial charge in [0, 0.05) is 0 Å². The fourth-order valence-corrected chi connectivity index (χ4v) is 3.28. The number of sulfonamides is 1. The maximum atomic E-state index is 12.5. The molecule has 5 nitrogen and oxygen atoms in total. The van der Waals surface area contributed by atoms with E-state index in [0.29, 0.717) is 22.7 Å². The standard InChI is InChI=1S/C15H17NO4S/c1-11-10-12(19-2)8-9-15(11)21(17,18)16-13-6-4-5-7-14(13)20-3/h4-10,16H,1-3H3. The quantitative estimate of drug-likeness (QED) is 0.922. The Kier molecular flexibility index (Phi) is 4.37. The number of nitrogens with one attached hydrogen (secondary N) is 1. The number of para-hydroxylation sites is 2. The number of ether oxygens (including phenoxy) is 2. The number of hydrogen-bond donors (Lipinski definition) is 1. The highest BCUT2D eigenvalue weighted by Gasteiger charge is 2.18. The number of aryl methyl sites for hydroxylation is 1. The summed E-state index contributed by atoms with van der Waals surface area (Å²) in [5.74, 6) is 1.08. The van der Waals surface area contributed by atoms with E-state index in [1.165, 1.54) is 20.3 Å². The first-order chi connectivity index (χ1) is 9.97. The third kappa shape index (κ3) is 3.28. The van der Waals surface area contributed by atoms with Crippen LogP contribution in [0, 0.1) is 6.92 Å². The molecule has 2 aromatic carbocycles. The minimum absolute atomic E-state index is 0.203. The van der Waals surface area contributed by atoms with Crippen LogP contribution in [0.4, 0.5) is 5.69 Å². The molecule has 0 unspecified atom stereocenters. The maximum absolute atomic E-state index is 12.5. The normalized spacial score (nSPS) is 11.0. The number of anilines is 1. The van der Waals surface area contributed by atoms with Crippen LogP contribution in [0.25, 0.3) is 0 Å². The molecule has 0 amide bonds. The molecule has 0 radical (unpaired) electrons. The van der Waals surface area contributed by atoms with E-state index in [0.717, 1.165) is 0 Å². The molecule has 21 heavy (non-hydrogen) atoms. The molecule has 0 atom stereocenters. The minimum Gasteiger partial charge on any atom is -0.497 e. The summed E-state index contributed by atoms with van der Waals surface area (Å²) in [4.78, 5) is 0.203. The summed E-state index contributed by atoms with van der Waals surface area (Å²) < 4.78 is 37.7. The monoisotopic (exact) mass is 307 g/mol. The van der Waals surface area contributed by atoms with E-state index in [1.54, 1.807) is 43.3 Å². The largest absolute Gasteiger partial charge is 0.497 e. The highest BCUT2D eigenvalue weighted by atomic mass is 32.2. The van der Waals surface area contributed by atoms with Crippen molar-refractivity contribution in [1.29, 1.82) is 0 Å². The van der Waals surface area contributed by atoms with Crippen LogP contribution in [0.5, 0.6) is 11.5 Å². The van der Waals surface area contributed by atoms with Gasteiger partial charge in [0.15, 0.2) is 0 Å². The van der Waals surface area contributed by atoms with Crippen molar-refractivity contribution in [3.05, 3.63) is 48.0 Å². The van der Waals surface area contributed by atoms with E-state index in [9.17, 15) is 8.42 Å². The Labute approximate surface area is 124 Å². The van der Waals surface area contributed by atoms with E-state index < -0.39 is 10.0 Å². The molecule has 0 bridgehead atoms. The van der Waals surface area contributed by atoms with Gasteiger partial charge in [-0.15, -0.1) is 0 Å². The van der Waals surface area contributed by atoms with Gasteiger partial charge in [-0.2, -0.15) is 0 Å². The number of benzene rings is 2. The van der Waals surface area contributed by atoms with Gasteiger partial charge in [-0.05, 0) is 42.8 Å². The highest BCUT2D eigenvalue weighted by molar-refractivity contribution is 7.92. The molecule has 0 aliphatic rings. The summed E-state index contributed by atoms with van der Waals surface area (Å²) in [5.41, 5.74) is 1.01. The molecular weight excluding hydrogens is 290 g/mol. The molecule has 0 saturated heterocycles. The molecule has 1 N–H and O–H groups in total. The Balaban J connectivity index is 2.39.